The number of urea groups is 1. The average Bonchev–Trinajstić information content (AvgIpc) is 3.05. The Balaban J connectivity index is 1.48. The Morgan fingerprint density at radius 1 is 1.26 bits per heavy atom. The molecule has 1 aromatic rings. The van der Waals surface area contributed by atoms with E-state index in [4.69, 9.17) is 0 Å². The summed E-state index contributed by atoms with van der Waals surface area (Å²) in [6.07, 6.45) is -0.405. The Labute approximate surface area is 133 Å². The number of rotatable bonds is 3. The third kappa shape index (κ3) is 4.37. The molecule has 0 spiro atoms. The molecule has 0 radical (unpaired) electrons. The van der Waals surface area contributed by atoms with Gasteiger partial charge in [-0.2, -0.15) is 13.2 Å². The molecule has 1 saturated heterocycles. The SMILES string of the molecule is O=C(Nc1ccc2c(c1)CCC2)NC1CCN(CC(F)(F)F)C1. The summed E-state index contributed by atoms with van der Waals surface area (Å²) in [7, 11) is 0. The fourth-order valence-electron chi connectivity index (χ4n) is 3.35. The van der Waals surface area contributed by atoms with Crippen LogP contribution in [0.25, 0.3) is 0 Å². The predicted octanol–water partition coefficient (Wildman–Crippen LogP) is 2.93. The minimum atomic E-state index is -4.19. The molecule has 0 saturated carbocycles. The molecule has 1 aliphatic carbocycles. The number of amides is 2. The number of hydrogen-bond acceptors (Lipinski definition) is 2. The van der Waals surface area contributed by atoms with Crippen LogP contribution in [0.3, 0.4) is 0 Å². The number of benzene rings is 1. The largest absolute Gasteiger partial charge is 0.401 e. The highest BCUT2D eigenvalue weighted by atomic mass is 19.4. The number of nitrogens with one attached hydrogen (secondary N) is 2. The fourth-order valence-corrected chi connectivity index (χ4v) is 3.35. The molecule has 126 valence electrons. The van der Waals surface area contributed by atoms with Crippen molar-refractivity contribution in [2.75, 3.05) is 25.0 Å². The summed E-state index contributed by atoms with van der Waals surface area (Å²) < 4.78 is 37.1. The lowest BCUT2D eigenvalue weighted by Crippen LogP contribution is -2.41. The topological polar surface area (TPSA) is 44.4 Å². The molecule has 2 aliphatic rings. The molecule has 1 atom stereocenters. The van der Waals surface area contributed by atoms with Gasteiger partial charge in [-0.25, -0.2) is 4.79 Å². The van der Waals surface area contributed by atoms with Gasteiger partial charge in [0, 0.05) is 24.8 Å². The Morgan fingerprint density at radius 2 is 2.04 bits per heavy atom. The van der Waals surface area contributed by atoms with E-state index in [1.54, 1.807) is 0 Å². The zero-order chi connectivity index (χ0) is 16.4. The first-order chi connectivity index (χ1) is 10.9. The molecule has 2 N–H and O–H groups in total. The predicted molar refractivity (Wildman–Crippen MR) is 81.5 cm³/mol. The molecule has 4 nitrogen and oxygen atoms in total. The van der Waals surface area contributed by atoms with Crippen molar-refractivity contribution in [3.63, 3.8) is 0 Å². The lowest BCUT2D eigenvalue weighted by Gasteiger charge is -2.18. The quantitative estimate of drug-likeness (QED) is 0.896. The third-order valence-electron chi connectivity index (χ3n) is 4.37. The molecule has 1 heterocycles. The van der Waals surface area contributed by atoms with Crippen molar-refractivity contribution in [2.45, 2.75) is 37.9 Å². The molecule has 0 bridgehead atoms. The van der Waals surface area contributed by atoms with Gasteiger partial charge in [-0.15, -0.1) is 0 Å². The van der Waals surface area contributed by atoms with E-state index in [1.165, 1.54) is 16.0 Å². The van der Waals surface area contributed by atoms with E-state index < -0.39 is 12.7 Å². The highest BCUT2D eigenvalue weighted by molar-refractivity contribution is 5.89. The number of fused-ring (bicyclic) bond motifs is 1. The maximum Gasteiger partial charge on any atom is 0.401 e. The molecule has 1 aliphatic heterocycles. The van der Waals surface area contributed by atoms with Crippen LogP contribution in [-0.4, -0.2) is 42.8 Å². The first-order valence-corrected chi connectivity index (χ1v) is 7.87. The molecule has 23 heavy (non-hydrogen) atoms. The third-order valence-corrected chi connectivity index (χ3v) is 4.37. The van der Waals surface area contributed by atoms with E-state index in [0.717, 1.165) is 24.9 Å². The number of carbonyl (C=O) groups excluding carboxylic acids is 1. The van der Waals surface area contributed by atoms with Gasteiger partial charge < -0.3 is 10.6 Å². The fraction of sp³-hybridized carbons (Fsp3) is 0.562. The first-order valence-electron chi connectivity index (χ1n) is 7.87. The van der Waals surface area contributed by atoms with Crippen LogP contribution < -0.4 is 10.6 Å². The van der Waals surface area contributed by atoms with Crippen molar-refractivity contribution < 1.29 is 18.0 Å². The number of anilines is 1. The van der Waals surface area contributed by atoms with Crippen LogP contribution in [0, 0.1) is 0 Å². The Bertz CT molecular complexity index is 588. The zero-order valence-electron chi connectivity index (χ0n) is 12.7. The van der Waals surface area contributed by atoms with E-state index in [2.05, 4.69) is 10.6 Å². The second-order valence-corrected chi connectivity index (χ2v) is 6.27. The van der Waals surface area contributed by atoms with Gasteiger partial charge in [-0.05, 0) is 48.9 Å². The van der Waals surface area contributed by atoms with E-state index in [9.17, 15) is 18.0 Å². The number of alkyl halides is 3. The van der Waals surface area contributed by atoms with Crippen molar-refractivity contribution in [1.82, 2.24) is 10.2 Å². The van der Waals surface area contributed by atoms with Crippen LogP contribution in [0.2, 0.25) is 0 Å². The van der Waals surface area contributed by atoms with E-state index in [1.807, 2.05) is 18.2 Å². The molecule has 1 aromatic carbocycles. The van der Waals surface area contributed by atoms with Gasteiger partial charge in [0.25, 0.3) is 0 Å². The van der Waals surface area contributed by atoms with E-state index >= 15 is 0 Å². The smallest absolute Gasteiger partial charge is 0.334 e. The van der Waals surface area contributed by atoms with E-state index in [-0.39, 0.29) is 18.6 Å². The maximum absolute atomic E-state index is 12.4. The molecule has 1 unspecified atom stereocenters. The van der Waals surface area contributed by atoms with Crippen LogP contribution in [0.5, 0.6) is 0 Å². The maximum atomic E-state index is 12.4. The van der Waals surface area contributed by atoms with Gasteiger partial charge in [-0.3, -0.25) is 4.90 Å². The average molecular weight is 327 g/mol. The Morgan fingerprint density at radius 3 is 2.83 bits per heavy atom. The molecule has 7 heteroatoms. The summed E-state index contributed by atoms with van der Waals surface area (Å²) in [6, 6.07) is 5.27. The van der Waals surface area contributed by atoms with Crippen molar-refractivity contribution in [1.29, 1.82) is 0 Å². The zero-order valence-corrected chi connectivity index (χ0v) is 12.7. The summed E-state index contributed by atoms with van der Waals surface area (Å²) in [5, 5.41) is 5.52. The van der Waals surface area contributed by atoms with Crippen LogP contribution in [-0.2, 0) is 12.8 Å². The number of hydrogen-bond donors (Lipinski definition) is 2. The highest BCUT2D eigenvalue weighted by Gasteiger charge is 2.34. The summed E-state index contributed by atoms with van der Waals surface area (Å²) >= 11 is 0. The Hall–Kier alpha value is -1.76. The first kappa shape index (κ1) is 16.1. The highest BCUT2D eigenvalue weighted by Crippen LogP contribution is 2.25. The van der Waals surface area contributed by atoms with Crippen molar-refractivity contribution in [2.24, 2.45) is 0 Å². The molecular weight excluding hydrogens is 307 g/mol. The van der Waals surface area contributed by atoms with Gasteiger partial charge in [0.15, 0.2) is 0 Å². The second kappa shape index (κ2) is 6.39. The number of likely N-dealkylation sites (tertiary alicyclic amines) is 1. The van der Waals surface area contributed by atoms with Crippen molar-refractivity contribution in [3.05, 3.63) is 29.3 Å². The second-order valence-electron chi connectivity index (χ2n) is 6.27. The monoisotopic (exact) mass is 327 g/mol. The number of nitrogens with zero attached hydrogens (tertiary/aromatic N) is 1. The number of aryl methyl sites for hydroxylation is 2. The van der Waals surface area contributed by atoms with Crippen molar-refractivity contribution in [3.8, 4) is 0 Å². The van der Waals surface area contributed by atoms with Crippen LogP contribution >= 0.6 is 0 Å². The summed E-state index contributed by atoms with van der Waals surface area (Å²) in [6.45, 7) is -0.335. The summed E-state index contributed by atoms with van der Waals surface area (Å²) in [5.74, 6) is 0. The molecule has 1 fully saturated rings. The van der Waals surface area contributed by atoms with Gasteiger partial charge in [-0.1, -0.05) is 6.07 Å². The molecule has 2 amide bonds. The van der Waals surface area contributed by atoms with Crippen LogP contribution in [0.4, 0.5) is 23.7 Å². The minimum Gasteiger partial charge on any atom is -0.334 e. The lowest BCUT2D eigenvalue weighted by molar-refractivity contribution is -0.143. The van der Waals surface area contributed by atoms with Gasteiger partial charge in [0.1, 0.15) is 0 Å². The molecule has 3 rings (SSSR count). The summed E-state index contributed by atoms with van der Waals surface area (Å²) in [4.78, 5) is 13.3. The minimum absolute atomic E-state index is 0.233. The lowest BCUT2D eigenvalue weighted by atomic mass is 10.1. The van der Waals surface area contributed by atoms with Crippen LogP contribution in [0.15, 0.2) is 18.2 Å². The standard InChI is InChI=1S/C16H20F3N3O/c17-16(18,19)10-22-7-6-14(9-22)21-15(23)20-13-5-4-11-2-1-3-12(11)8-13/h4-5,8,14H,1-3,6-7,9-10H2,(H2,20,21,23). The van der Waals surface area contributed by atoms with E-state index in [0.29, 0.717) is 13.0 Å². The van der Waals surface area contributed by atoms with Gasteiger partial charge in [0.2, 0.25) is 0 Å². The normalized spacial score (nSPS) is 21.3. The number of carbonyl (C=O) groups is 1. The van der Waals surface area contributed by atoms with Crippen LogP contribution in [0.1, 0.15) is 24.0 Å². The number of halogens is 3. The van der Waals surface area contributed by atoms with Crippen molar-refractivity contribution >= 4 is 11.7 Å². The van der Waals surface area contributed by atoms with Gasteiger partial charge >= 0.3 is 12.2 Å². The molecule has 0 aromatic heterocycles. The van der Waals surface area contributed by atoms with Gasteiger partial charge in [0.05, 0.1) is 6.54 Å². The molecular formula is C16H20F3N3O. The Kier molecular flexibility index (Phi) is 4.48. The summed E-state index contributed by atoms with van der Waals surface area (Å²) in [5.41, 5.74) is 3.32.